The third kappa shape index (κ3) is 5.93. The van der Waals surface area contributed by atoms with Crippen molar-refractivity contribution < 1.29 is 18.4 Å². The Morgan fingerprint density at radius 3 is 2.28 bits per heavy atom. The Labute approximate surface area is 207 Å². The zero-order chi connectivity index (χ0) is 25.7. The number of aromatic nitrogens is 2. The topological polar surface area (TPSA) is 79.3 Å². The molecule has 184 valence electrons. The monoisotopic (exact) mass is 489 g/mol. The van der Waals surface area contributed by atoms with Crippen LogP contribution in [0.2, 0.25) is 0 Å². The number of halogens is 2. The van der Waals surface area contributed by atoms with Crippen LogP contribution in [-0.2, 0) is 4.79 Å². The number of hydrogen-bond acceptors (Lipinski definition) is 3. The molecular weight excluding hydrogens is 464 g/mol. The molecule has 4 rings (SSSR count). The van der Waals surface area contributed by atoms with Gasteiger partial charge in [-0.1, -0.05) is 36.4 Å². The zero-order valence-electron chi connectivity index (χ0n) is 19.8. The van der Waals surface area contributed by atoms with E-state index in [1.807, 2.05) is 30.3 Å². The molecule has 0 spiro atoms. The third-order valence-corrected chi connectivity index (χ3v) is 5.39. The Balaban J connectivity index is 1.56. The number of benzene rings is 3. The third-order valence-electron chi connectivity index (χ3n) is 5.39. The molecule has 0 aliphatic heterocycles. The van der Waals surface area contributed by atoms with E-state index < -0.39 is 23.6 Å². The van der Waals surface area contributed by atoms with Gasteiger partial charge in [-0.2, -0.15) is 5.10 Å². The van der Waals surface area contributed by atoms with Crippen molar-refractivity contribution in [1.82, 2.24) is 14.7 Å². The summed E-state index contributed by atoms with van der Waals surface area (Å²) in [4.78, 5) is 27.2. The maximum atomic E-state index is 13.5. The summed E-state index contributed by atoms with van der Waals surface area (Å²) < 4.78 is 28.5. The summed E-state index contributed by atoms with van der Waals surface area (Å²) in [6.07, 6.45) is 0. The Morgan fingerprint density at radius 1 is 0.889 bits per heavy atom. The van der Waals surface area contributed by atoms with E-state index in [2.05, 4.69) is 15.7 Å². The molecule has 1 aromatic heterocycles. The van der Waals surface area contributed by atoms with Crippen molar-refractivity contribution in [3.05, 3.63) is 96.6 Å². The van der Waals surface area contributed by atoms with Crippen LogP contribution in [0.1, 0.15) is 13.8 Å². The zero-order valence-corrected chi connectivity index (χ0v) is 19.8. The molecule has 0 fully saturated rings. The van der Waals surface area contributed by atoms with Crippen LogP contribution in [0.25, 0.3) is 16.9 Å². The Morgan fingerprint density at radius 2 is 1.61 bits per heavy atom. The lowest BCUT2D eigenvalue weighted by atomic mass is 10.1. The molecule has 0 unspecified atom stereocenters. The van der Waals surface area contributed by atoms with Crippen LogP contribution >= 0.6 is 0 Å². The molecule has 0 saturated carbocycles. The van der Waals surface area contributed by atoms with Gasteiger partial charge in [-0.15, -0.1) is 0 Å². The fourth-order valence-corrected chi connectivity index (χ4v) is 3.59. The first kappa shape index (κ1) is 24.6. The largest absolute Gasteiger partial charge is 0.322 e. The summed E-state index contributed by atoms with van der Waals surface area (Å²) in [6, 6.07) is 21.5. The Bertz CT molecular complexity index is 1350. The van der Waals surface area contributed by atoms with Crippen LogP contribution in [0.3, 0.4) is 0 Å². The van der Waals surface area contributed by atoms with E-state index in [9.17, 15) is 18.4 Å². The smallest absolute Gasteiger partial charge is 0.313 e. The van der Waals surface area contributed by atoms with Crippen molar-refractivity contribution in [2.75, 3.05) is 17.2 Å². The number of nitrogens with one attached hydrogen (secondary N) is 2. The number of urea groups is 1. The second-order valence-corrected chi connectivity index (χ2v) is 8.38. The maximum Gasteiger partial charge on any atom is 0.322 e. The van der Waals surface area contributed by atoms with Gasteiger partial charge in [0.1, 0.15) is 24.0 Å². The van der Waals surface area contributed by atoms with E-state index in [-0.39, 0.29) is 18.3 Å². The predicted molar refractivity (Wildman–Crippen MR) is 135 cm³/mol. The summed E-state index contributed by atoms with van der Waals surface area (Å²) in [6.45, 7) is 3.29. The minimum absolute atomic E-state index is 0.256. The summed E-state index contributed by atoms with van der Waals surface area (Å²) in [5.41, 5.74) is 2.29. The molecule has 0 radical (unpaired) electrons. The second-order valence-electron chi connectivity index (χ2n) is 8.38. The molecular formula is C27H25F2N5O2. The first-order valence-corrected chi connectivity index (χ1v) is 11.3. The van der Waals surface area contributed by atoms with Gasteiger partial charge in [-0.25, -0.2) is 18.3 Å². The lowest BCUT2D eigenvalue weighted by molar-refractivity contribution is -0.117. The number of carbonyl (C=O) groups is 2. The number of nitrogens with zero attached hydrogens (tertiary/aromatic N) is 3. The summed E-state index contributed by atoms with van der Waals surface area (Å²) in [5.74, 6) is -0.970. The molecule has 3 aromatic carbocycles. The lowest BCUT2D eigenvalue weighted by Gasteiger charge is -2.26. The molecule has 3 amide bonds. The summed E-state index contributed by atoms with van der Waals surface area (Å²) >= 11 is 0. The average molecular weight is 490 g/mol. The first-order valence-electron chi connectivity index (χ1n) is 11.3. The molecule has 0 bridgehead atoms. The van der Waals surface area contributed by atoms with Gasteiger partial charge in [0.15, 0.2) is 0 Å². The van der Waals surface area contributed by atoms with Gasteiger partial charge in [0.25, 0.3) is 0 Å². The quantitative estimate of drug-likeness (QED) is 0.350. The molecule has 2 N–H and O–H groups in total. The molecule has 9 heteroatoms. The van der Waals surface area contributed by atoms with Gasteiger partial charge in [-0.3, -0.25) is 4.79 Å². The number of anilines is 2. The summed E-state index contributed by atoms with van der Waals surface area (Å²) in [7, 11) is 0. The van der Waals surface area contributed by atoms with Gasteiger partial charge < -0.3 is 15.5 Å². The second kappa shape index (κ2) is 10.8. The fourth-order valence-electron chi connectivity index (χ4n) is 3.59. The van der Waals surface area contributed by atoms with Gasteiger partial charge in [0, 0.05) is 23.4 Å². The van der Waals surface area contributed by atoms with E-state index >= 15 is 0 Å². The van der Waals surface area contributed by atoms with Gasteiger partial charge in [0.2, 0.25) is 5.91 Å². The molecule has 4 aromatic rings. The van der Waals surface area contributed by atoms with Crippen molar-refractivity contribution in [2.24, 2.45) is 0 Å². The van der Waals surface area contributed by atoms with E-state index in [1.54, 1.807) is 38.1 Å². The molecule has 0 aliphatic rings. The van der Waals surface area contributed by atoms with Crippen molar-refractivity contribution in [3.8, 4) is 16.9 Å². The van der Waals surface area contributed by atoms with Crippen LogP contribution in [0.4, 0.5) is 25.1 Å². The number of amides is 3. The fraction of sp³-hybridized carbons (Fsp3) is 0.148. The highest BCUT2D eigenvalue weighted by Crippen LogP contribution is 2.25. The van der Waals surface area contributed by atoms with E-state index in [0.29, 0.717) is 17.2 Å². The minimum atomic E-state index is -0.539. The lowest BCUT2D eigenvalue weighted by Crippen LogP contribution is -2.44. The number of rotatable bonds is 7. The van der Waals surface area contributed by atoms with E-state index in [0.717, 1.165) is 5.56 Å². The van der Waals surface area contributed by atoms with Crippen LogP contribution in [0.5, 0.6) is 0 Å². The molecule has 7 nitrogen and oxygen atoms in total. The van der Waals surface area contributed by atoms with Crippen molar-refractivity contribution in [1.29, 1.82) is 0 Å². The maximum absolute atomic E-state index is 13.5. The van der Waals surface area contributed by atoms with E-state index in [4.69, 9.17) is 0 Å². The van der Waals surface area contributed by atoms with Crippen LogP contribution in [0, 0.1) is 11.6 Å². The Hall–Kier alpha value is -4.53. The highest BCUT2D eigenvalue weighted by Gasteiger charge is 2.22. The predicted octanol–water partition coefficient (Wildman–Crippen LogP) is 5.70. The van der Waals surface area contributed by atoms with Gasteiger partial charge >= 0.3 is 6.03 Å². The van der Waals surface area contributed by atoms with Gasteiger partial charge in [-0.05, 0) is 56.3 Å². The minimum Gasteiger partial charge on any atom is -0.313 e. The van der Waals surface area contributed by atoms with Crippen LogP contribution in [0.15, 0.2) is 84.9 Å². The van der Waals surface area contributed by atoms with Crippen molar-refractivity contribution in [2.45, 2.75) is 19.9 Å². The molecule has 1 heterocycles. The molecule has 0 aliphatic carbocycles. The Kier molecular flexibility index (Phi) is 7.39. The number of hydrogen-bond donors (Lipinski definition) is 2. The average Bonchev–Trinajstić information content (AvgIpc) is 3.27. The SMILES string of the molecule is CC(C)N(CC(=O)Nc1cc(-c2ccccc2)nn1-c1ccc(F)cc1)C(=O)Nc1cccc(F)c1. The molecule has 0 atom stereocenters. The first-order chi connectivity index (χ1) is 17.3. The highest BCUT2D eigenvalue weighted by atomic mass is 19.1. The van der Waals surface area contributed by atoms with Crippen molar-refractivity contribution in [3.63, 3.8) is 0 Å². The van der Waals surface area contributed by atoms with Crippen LogP contribution in [-0.4, -0.2) is 39.2 Å². The van der Waals surface area contributed by atoms with E-state index in [1.165, 1.54) is 39.9 Å². The van der Waals surface area contributed by atoms with Crippen LogP contribution < -0.4 is 10.6 Å². The standard InChI is InChI=1S/C27H25F2N5O2/c1-18(2)33(27(36)30-22-10-6-9-21(29)15-22)17-26(35)31-25-16-24(19-7-4-3-5-8-19)32-34(25)23-13-11-20(28)12-14-23/h3-16,18H,17H2,1-2H3,(H,30,36)(H,31,35). The normalized spacial score (nSPS) is 10.8. The molecule has 0 saturated heterocycles. The van der Waals surface area contributed by atoms with Gasteiger partial charge in [0.05, 0.1) is 11.4 Å². The summed E-state index contributed by atoms with van der Waals surface area (Å²) in [5, 5.41) is 10.0. The number of carbonyl (C=O) groups excluding carboxylic acids is 2. The highest BCUT2D eigenvalue weighted by molar-refractivity contribution is 5.97. The molecule has 36 heavy (non-hydrogen) atoms. The van der Waals surface area contributed by atoms with Crippen molar-refractivity contribution >= 4 is 23.4 Å².